The fourth-order valence-corrected chi connectivity index (χ4v) is 1.63. The molecular formula is C9H12BrN7. The molecule has 0 atom stereocenters. The number of nitrogens with one attached hydrogen (secondary N) is 1. The number of nitrogens with two attached hydrogens (primary N) is 1. The second-order valence-corrected chi connectivity index (χ2v) is 4.29. The zero-order chi connectivity index (χ0) is 12.3. The minimum absolute atomic E-state index is 0.242. The maximum absolute atomic E-state index is 5.50. The van der Waals surface area contributed by atoms with Crippen molar-refractivity contribution in [1.29, 1.82) is 0 Å². The van der Waals surface area contributed by atoms with Crippen molar-refractivity contribution in [2.45, 2.75) is 6.42 Å². The molecule has 0 aliphatic rings. The van der Waals surface area contributed by atoms with Gasteiger partial charge in [0.2, 0.25) is 5.95 Å². The highest BCUT2D eigenvalue weighted by molar-refractivity contribution is 9.10. The van der Waals surface area contributed by atoms with Crippen molar-refractivity contribution in [3.8, 4) is 0 Å². The van der Waals surface area contributed by atoms with Gasteiger partial charge in [-0.15, -0.1) is 0 Å². The lowest BCUT2D eigenvalue weighted by Gasteiger charge is -2.06. The van der Waals surface area contributed by atoms with E-state index < -0.39 is 0 Å². The van der Waals surface area contributed by atoms with Gasteiger partial charge in [-0.1, -0.05) is 0 Å². The molecule has 0 aliphatic carbocycles. The second kappa shape index (κ2) is 5.09. The molecule has 7 nitrogen and oxygen atoms in total. The Bertz CT molecular complexity index is 510. The van der Waals surface area contributed by atoms with E-state index in [2.05, 4.69) is 41.3 Å². The van der Waals surface area contributed by atoms with Crippen LogP contribution in [0.1, 0.15) is 5.82 Å². The van der Waals surface area contributed by atoms with Crippen molar-refractivity contribution < 1.29 is 0 Å². The van der Waals surface area contributed by atoms with E-state index in [1.807, 2.05) is 7.05 Å². The Hall–Kier alpha value is -1.70. The van der Waals surface area contributed by atoms with Gasteiger partial charge in [0.1, 0.15) is 12.1 Å². The summed E-state index contributed by atoms with van der Waals surface area (Å²) in [5.74, 6) is 1.71. The standard InChI is InChI=1S/C9H12BrN7/c1-17-5-14-7(16-17)2-3-12-8-6(10)4-13-9(11)15-8/h4-5H,2-3H2,1H3,(H3,11,12,13,15). The zero-order valence-electron chi connectivity index (χ0n) is 9.26. The van der Waals surface area contributed by atoms with Crippen LogP contribution in [0.25, 0.3) is 0 Å². The number of aromatic nitrogens is 5. The third kappa shape index (κ3) is 3.13. The predicted molar refractivity (Wildman–Crippen MR) is 67.3 cm³/mol. The molecule has 0 bridgehead atoms. The van der Waals surface area contributed by atoms with Gasteiger partial charge in [-0.2, -0.15) is 10.1 Å². The quantitative estimate of drug-likeness (QED) is 0.858. The third-order valence-corrected chi connectivity index (χ3v) is 2.63. The highest BCUT2D eigenvalue weighted by atomic mass is 79.9. The van der Waals surface area contributed by atoms with Gasteiger partial charge >= 0.3 is 0 Å². The molecule has 17 heavy (non-hydrogen) atoms. The number of nitrogen functional groups attached to an aromatic ring is 1. The van der Waals surface area contributed by atoms with Gasteiger partial charge in [-0.3, -0.25) is 4.68 Å². The van der Waals surface area contributed by atoms with Gasteiger partial charge in [0, 0.05) is 26.2 Å². The monoisotopic (exact) mass is 297 g/mol. The van der Waals surface area contributed by atoms with E-state index in [4.69, 9.17) is 5.73 Å². The first-order chi connectivity index (χ1) is 8.15. The molecule has 0 amide bonds. The van der Waals surface area contributed by atoms with Crippen LogP contribution in [0.4, 0.5) is 11.8 Å². The smallest absolute Gasteiger partial charge is 0.221 e. The van der Waals surface area contributed by atoms with E-state index in [1.165, 1.54) is 0 Å². The Morgan fingerprint density at radius 2 is 2.29 bits per heavy atom. The van der Waals surface area contributed by atoms with Crippen LogP contribution >= 0.6 is 15.9 Å². The molecule has 90 valence electrons. The summed E-state index contributed by atoms with van der Waals surface area (Å²) in [6.45, 7) is 0.680. The van der Waals surface area contributed by atoms with E-state index in [-0.39, 0.29) is 5.95 Å². The van der Waals surface area contributed by atoms with E-state index in [0.717, 1.165) is 16.7 Å². The number of nitrogens with zero attached hydrogens (tertiary/aromatic N) is 5. The topological polar surface area (TPSA) is 94.5 Å². The summed E-state index contributed by atoms with van der Waals surface area (Å²) in [6.07, 6.45) is 4.01. The predicted octanol–water partition coefficient (Wildman–Crippen LogP) is 0.604. The average Bonchev–Trinajstić information content (AvgIpc) is 2.69. The maximum Gasteiger partial charge on any atom is 0.221 e. The normalized spacial score (nSPS) is 10.5. The van der Waals surface area contributed by atoms with Crippen molar-refractivity contribution >= 4 is 27.7 Å². The van der Waals surface area contributed by atoms with E-state index in [0.29, 0.717) is 12.4 Å². The molecule has 0 aromatic carbocycles. The minimum atomic E-state index is 0.242. The SMILES string of the molecule is Cn1cnc(CCNc2nc(N)ncc2Br)n1. The van der Waals surface area contributed by atoms with Crippen molar-refractivity contribution in [2.75, 3.05) is 17.6 Å². The van der Waals surface area contributed by atoms with Crippen molar-refractivity contribution in [2.24, 2.45) is 7.05 Å². The fourth-order valence-electron chi connectivity index (χ4n) is 1.30. The van der Waals surface area contributed by atoms with Crippen LogP contribution in [-0.4, -0.2) is 31.3 Å². The lowest BCUT2D eigenvalue weighted by Crippen LogP contribution is -2.09. The van der Waals surface area contributed by atoms with Gasteiger partial charge in [-0.25, -0.2) is 9.97 Å². The van der Waals surface area contributed by atoms with Gasteiger partial charge in [0.15, 0.2) is 5.82 Å². The average molecular weight is 298 g/mol. The van der Waals surface area contributed by atoms with Crippen molar-refractivity contribution in [1.82, 2.24) is 24.7 Å². The number of aryl methyl sites for hydroxylation is 1. The molecule has 2 aromatic rings. The molecule has 3 N–H and O–H groups in total. The minimum Gasteiger partial charge on any atom is -0.369 e. The fraction of sp³-hybridized carbons (Fsp3) is 0.333. The summed E-state index contributed by atoms with van der Waals surface area (Å²) >= 11 is 3.34. The van der Waals surface area contributed by atoms with Crippen LogP contribution in [0.3, 0.4) is 0 Å². The molecule has 2 aromatic heterocycles. The number of hydrogen-bond acceptors (Lipinski definition) is 6. The van der Waals surface area contributed by atoms with E-state index in [1.54, 1.807) is 17.2 Å². The van der Waals surface area contributed by atoms with E-state index >= 15 is 0 Å². The Kier molecular flexibility index (Phi) is 3.52. The van der Waals surface area contributed by atoms with Crippen LogP contribution in [0.15, 0.2) is 17.0 Å². The van der Waals surface area contributed by atoms with Crippen LogP contribution in [0.5, 0.6) is 0 Å². The van der Waals surface area contributed by atoms with Gasteiger partial charge in [-0.05, 0) is 15.9 Å². The molecule has 0 spiro atoms. The molecule has 2 heterocycles. The van der Waals surface area contributed by atoms with Crippen LogP contribution < -0.4 is 11.1 Å². The van der Waals surface area contributed by atoms with Gasteiger partial charge in [0.05, 0.1) is 4.47 Å². The molecule has 0 aliphatic heterocycles. The van der Waals surface area contributed by atoms with Crippen molar-refractivity contribution in [3.05, 3.63) is 22.8 Å². The Balaban J connectivity index is 1.91. The number of hydrogen-bond donors (Lipinski definition) is 2. The first-order valence-electron chi connectivity index (χ1n) is 5.01. The number of halogens is 1. The molecule has 0 saturated carbocycles. The number of rotatable bonds is 4. The molecule has 0 radical (unpaired) electrons. The molecule has 8 heteroatoms. The molecule has 2 rings (SSSR count). The Labute approximate surface area is 107 Å². The third-order valence-electron chi connectivity index (χ3n) is 2.05. The molecule has 0 fully saturated rings. The van der Waals surface area contributed by atoms with Crippen LogP contribution in [0.2, 0.25) is 0 Å². The lowest BCUT2D eigenvalue weighted by atomic mass is 10.4. The van der Waals surface area contributed by atoms with Crippen molar-refractivity contribution in [3.63, 3.8) is 0 Å². The second-order valence-electron chi connectivity index (χ2n) is 3.44. The summed E-state index contributed by atoms with van der Waals surface area (Å²) < 4.78 is 2.45. The van der Waals surface area contributed by atoms with E-state index in [9.17, 15) is 0 Å². The highest BCUT2D eigenvalue weighted by Crippen LogP contribution is 2.18. The summed E-state index contributed by atoms with van der Waals surface area (Å²) in [5, 5.41) is 7.32. The Morgan fingerprint density at radius 1 is 1.47 bits per heavy atom. The summed E-state index contributed by atoms with van der Waals surface area (Å²) in [6, 6.07) is 0. The number of anilines is 2. The molecular weight excluding hydrogens is 286 g/mol. The van der Waals surface area contributed by atoms with Gasteiger partial charge < -0.3 is 11.1 Å². The Morgan fingerprint density at radius 3 is 3.00 bits per heavy atom. The first kappa shape index (κ1) is 11.8. The summed E-state index contributed by atoms with van der Waals surface area (Å²) in [5.41, 5.74) is 5.50. The summed E-state index contributed by atoms with van der Waals surface area (Å²) in [7, 11) is 1.84. The first-order valence-corrected chi connectivity index (χ1v) is 5.81. The largest absolute Gasteiger partial charge is 0.369 e. The molecule has 0 unspecified atom stereocenters. The maximum atomic E-state index is 5.50. The lowest BCUT2D eigenvalue weighted by molar-refractivity contribution is 0.741. The molecule has 0 saturated heterocycles. The zero-order valence-corrected chi connectivity index (χ0v) is 10.8. The van der Waals surface area contributed by atoms with Gasteiger partial charge in [0.25, 0.3) is 0 Å². The van der Waals surface area contributed by atoms with Crippen LogP contribution in [0, 0.1) is 0 Å². The summed E-state index contributed by atoms with van der Waals surface area (Å²) in [4.78, 5) is 12.1. The highest BCUT2D eigenvalue weighted by Gasteiger charge is 2.03. The van der Waals surface area contributed by atoms with Crippen LogP contribution in [-0.2, 0) is 13.5 Å².